The molecule has 0 aliphatic carbocycles. The lowest BCUT2D eigenvalue weighted by atomic mass is 10.2. The van der Waals surface area contributed by atoms with Crippen molar-refractivity contribution in [1.82, 2.24) is 4.98 Å². The molecule has 0 aliphatic rings. The molecule has 0 saturated carbocycles. The van der Waals surface area contributed by atoms with Crippen LogP contribution in [-0.4, -0.2) is 20.0 Å². The zero-order valence-electron chi connectivity index (χ0n) is 16.6. The number of ether oxygens (including phenoxy) is 1. The lowest BCUT2D eigenvalue weighted by molar-refractivity contribution is 0.340. The van der Waals surface area contributed by atoms with Crippen LogP contribution in [0.2, 0.25) is 0 Å². The number of hydrogen-bond acceptors (Lipinski definition) is 6. The van der Waals surface area contributed by atoms with Gasteiger partial charge in [0.15, 0.2) is 0 Å². The number of benzene rings is 3. The van der Waals surface area contributed by atoms with Crippen LogP contribution in [0.15, 0.2) is 93.2 Å². The van der Waals surface area contributed by atoms with Gasteiger partial charge in [-0.15, -0.1) is 0 Å². The van der Waals surface area contributed by atoms with E-state index in [1.165, 1.54) is 36.4 Å². The fourth-order valence-corrected chi connectivity index (χ4v) is 4.21. The van der Waals surface area contributed by atoms with Gasteiger partial charge >= 0.3 is 0 Å². The minimum atomic E-state index is -3.97. The number of halogens is 1. The molecule has 0 atom stereocenters. The average molecular weight is 438 g/mol. The van der Waals surface area contributed by atoms with Gasteiger partial charge in [0.25, 0.3) is 0 Å². The maximum atomic E-state index is 13.3. The summed E-state index contributed by atoms with van der Waals surface area (Å²) in [5, 5.41) is 2.72. The van der Waals surface area contributed by atoms with Gasteiger partial charge in [0, 0.05) is 11.3 Å². The molecule has 0 fully saturated rings. The molecule has 4 rings (SSSR count). The number of hydrogen-bond donors (Lipinski definition) is 1. The molecule has 0 amide bonds. The van der Waals surface area contributed by atoms with Gasteiger partial charge in [0.2, 0.25) is 26.6 Å². The quantitative estimate of drug-likeness (QED) is 0.413. The monoisotopic (exact) mass is 438 g/mol. The van der Waals surface area contributed by atoms with Gasteiger partial charge in [-0.2, -0.15) is 4.98 Å². The zero-order valence-corrected chi connectivity index (χ0v) is 17.4. The first-order valence-corrected chi connectivity index (χ1v) is 11.0. The highest BCUT2D eigenvalue weighted by atomic mass is 32.2. The van der Waals surface area contributed by atoms with Gasteiger partial charge in [-0.05, 0) is 67.6 Å². The van der Waals surface area contributed by atoms with Gasteiger partial charge in [-0.1, -0.05) is 18.2 Å². The molecular weight excluding hydrogens is 419 g/mol. The third kappa shape index (κ3) is 4.44. The SMILES string of the molecule is CCOc1ccc(Nc2oc(-c3ccc(F)cc3)nc2S(=O)(=O)c2ccccc2)cc1. The molecule has 0 radical (unpaired) electrons. The summed E-state index contributed by atoms with van der Waals surface area (Å²) in [5.74, 6) is 0.296. The van der Waals surface area contributed by atoms with Crippen LogP contribution in [-0.2, 0) is 9.84 Å². The lowest BCUT2D eigenvalue weighted by Gasteiger charge is -2.07. The molecule has 0 saturated heterocycles. The van der Waals surface area contributed by atoms with Crippen LogP contribution in [0.4, 0.5) is 16.0 Å². The molecule has 8 heteroatoms. The minimum Gasteiger partial charge on any atom is -0.494 e. The second-order valence-electron chi connectivity index (χ2n) is 6.56. The highest BCUT2D eigenvalue weighted by molar-refractivity contribution is 7.91. The Bertz CT molecular complexity index is 1270. The van der Waals surface area contributed by atoms with Gasteiger partial charge < -0.3 is 14.5 Å². The second-order valence-corrected chi connectivity index (χ2v) is 8.42. The molecule has 0 unspecified atom stereocenters. The molecule has 0 spiro atoms. The number of nitrogens with one attached hydrogen (secondary N) is 1. The fraction of sp³-hybridized carbons (Fsp3) is 0.0870. The lowest BCUT2D eigenvalue weighted by Crippen LogP contribution is -2.05. The predicted octanol–water partition coefficient (Wildman–Crippen LogP) is 5.46. The highest BCUT2D eigenvalue weighted by Gasteiger charge is 2.28. The Morgan fingerprint density at radius 1 is 0.968 bits per heavy atom. The summed E-state index contributed by atoms with van der Waals surface area (Å²) in [6, 6.07) is 20.4. The molecular formula is C23H19FN2O4S. The van der Waals surface area contributed by atoms with Crippen molar-refractivity contribution in [3.8, 4) is 17.2 Å². The summed E-state index contributed by atoms with van der Waals surface area (Å²) in [6.45, 7) is 2.42. The van der Waals surface area contributed by atoms with Crippen molar-refractivity contribution >= 4 is 21.4 Å². The number of nitrogens with zero attached hydrogens (tertiary/aromatic N) is 1. The van der Waals surface area contributed by atoms with Crippen LogP contribution < -0.4 is 10.1 Å². The summed E-state index contributed by atoms with van der Waals surface area (Å²) >= 11 is 0. The third-order valence-electron chi connectivity index (χ3n) is 4.42. The molecule has 3 aromatic carbocycles. The van der Waals surface area contributed by atoms with E-state index in [0.29, 0.717) is 23.6 Å². The summed E-state index contributed by atoms with van der Waals surface area (Å²) < 4.78 is 51.0. The largest absolute Gasteiger partial charge is 0.494 e. The van der Waals surface area contributed by atoms with Crippen molar-refractivity contribution in [2.24, 2.45) is 0 Å². The first kappa shape index (κ1) is 20.6. The smallest absolute Gasteiger partial charge is 0.238 e. The van der Waals surface area contributed by atoms with E-state index in [2.05, 4.69) is 10.3 Å². The van der Waals surface area contributed by atoms with E-state index in [1.807, 2.05) is 6.92 Å². The van der Waals surface area contributed by atoms with E-state index in [1.54, 1.807) is 42.5 Å². The van der Waals surface area contributed by atoms with Crippen molar-refractivity contribution in [3.05, 3.63) is 84.7 Å². The van der Waals surface area contributed by atoms with Crippen LogP contribution in [0.5, 0.6) is 5.75 Å². The number of sulfone groups is 1. The first-order chi connectivity index (χ1) is 15.0. The maximum absolute atomic E-state index is 13.3. The minimum absolute atomic E-state index is 0.0349. The number of aromatic nitrogens is 1. The maximum Gasteiger partial charge on any atom is 0.238 e. The Morgan fingerprint density at radius 3 is 2.29 bits per heavy atom. The molecule has 158 valence electrons. The Hall–Kier alpha value is -3.65. The van der Waals surface area contributed by atoms with Crippen molar-refractivity contribution < 1.29 is 22.0 Å². The van der Waals surface area contributed by atoms with Crippen molar-refractivity contribution in [3.63, 3.8) is 0 Å². The molecule has 0 aliphatic heterocycles. The van der Waals surface area contributed by atoms with Crippen LogP contribution in [0, 0.1) is 5.82 Å². The number of oxazole rings is 1. The summed E-state index contributed by atoms with van der Waals surface area (Å²) in [7, 11) is -3.97. The van der Waals surface area contributed by atoms with E-state index in [0.717, 1.165) is 0 Å². The molecule has 1 aromatic heterocycles. The highest BCUT2D eigenvalue weighted by Crippen LogP contribution is 2.34. The van der Waals surface area contributed by atoms with Gasteiger partial charge in [0.1, 0.15) is 11.6 Å². The third-order valence-corrected chi connectivity index (χ3v) is 6.10. The van der Waals surface area contributed by atoms with Crippen molar-refractivity contribution in [1.29, 1.82) is 0 Å². The first-order valence-electron chi connectivity index (χ1n) is 9.54. The average Bonchev–Trinajstić information content (AvgIpc) is 3.21. The topological polar surface area (TPSA) is 81.4 Å². The number of rotatable bonds is 7. The molecule has 1 heterocycles. The van der Waals surface area contributed by atoms with E-state index in [-0.39, 0.29) is 21.7 Å². The van der Waals surface area contributed by atoms with E-state index in [9.17, 15) is 12.8 Å². The van der Waals surface area contributed by atoms with Crippen LogP contribution in [0.3, 0.4) is 0 Å². The van der Waals surface area contributed by atoms with Gasteiger partial charge in [-0.25, -0.2) is 12.8 Å². The molecule has 6 nitrogen and oxygen atoms in total. The molecule has 0 bridgehead atoms. The van der Waals surface area contributed by atoms with E-state index < -0.39 is 15.7 Å². The number of anilines is 2. The van der Waals surface area contributed by atoms with Crippen LogP contribution >= 0.6 is 0 Å². The van der Waals surface area contributed by atoms with Gasteiger partial charge in [0.05, 0.1) is 11.5 Å². The Balaban J connectivity index is 1.77. The summed E-state index contributed by atoms with van der Waals surface area (Å²) in [6.07, 6.45) is 0. The normalized spacial score (nSPS) is 11.3. The predicted molar refractivity (Wildman–Crippen MR) is 115 cm³/mol. The van der Waals surface area contributed by atoms with E-state index in [4.69, 9.17) is 9.15 Å². The van der Waals surface area contributed by atoms with Crippen molar-refractivity contribution in [2.45, 2.75) is 16.8 Å². The molecule has 31 heavy (non-hydrogen) atoms. The van der Waals surface area contributed by atoms with Crippen LogP contribution in [0.1, 0.15) is 6.92 Å². The van der Waals surface area contributed by atoms with Crippen molar-refractivity contribution in [2.75, 3.05) is 11.9 Å². The standard InChI is InChI=1S/C23H19FN2O4S/c1-2-29-19-14-12-18(13-15-19)25-22-23(31(27,28)20-6-4-3-5-7-20)26-21(30-22)16-8-10-17(24)11-9-16/h3-15,25H,2H2,1H3. The Morgan fingerprint density at radius 2 is 1.65 bits per heavy atom. The van der Waals surface area contributed by atoms with Crippen LogP contribution in [0.25, 0.3) is 11.5 Å². The Labute approximate surface area is 179 Å². The zero-order chi connectivity index (χ0) is 21.8. The summed E-state index contributed by atoms with van der Waals surface area (Å²) in [5.41, 5.74) is 1.04. The molecule has 1 N–H and O–H groups in total. The second kappa shape index (κ2) is 8.61. The fourth-order valence-electron chi connectivity index (χ4n) is 2.93. The Kier molecular flexibility index (Phi) is 5.73. The summed E-state index contributed by atoms with van der Waals surface area (Å²) in [4.78, 5) is 4.32. The van der Waals surface area contributed by atoms with Gasteiger partial charge in [-0.3, -0.25) is 0 Å². The van der Waals surface area contributed by atoms with E-state index >= 15 is 0 Å². The molecule has 4 aromatic rings.